The number of rotatable bonds is 5. The van der Waals surface area contributed by atoms with Crippen LogP contribution >= 0.6 is 0 Å². The molecule has 4 rings (SSSR count). The summed E-state index contributed by atoms with van der Waals surface area (Å²) in [5.41, 5.74) is -1.80. The number of hydrogen-bond donors (Lipinski definition) is 1. The third kappa shape index (κ3) is 8.38. The first-order valence-corrected chi connectivity index (χ1v) is 15.5. The number of alkyl carbamates (subject to hydrolysis) is 1. The molecule has 2 aliphatic rings. The Labute approximate surface area is 272 Å². The smallest absolute Gasteiger partial charge is 0.461 e. The lowest BCUT2D eigenvalue weighted by atomic mass is 9.76. The molecule has 1 aromatic heterocycles. The lowest BCUT2D eigenvalue weighted by molar-refractivity contribution is -0.159. The van der Waals surface area contributed by atoms with Crippen LogP contribution in [0.1, 0.15) is 59.9 Å². The van der Waals surface area contributed by atoms with Crippen molar-refractivity contribution in [1.82, 2.24) is 15.3 Å². The van der Waals surface area contributed by atoms with E-state index in [0.717, 1.165) is 6.08 Å². The normalized spacial score (nSPS) is 30.7. The molecule has 2 saturated heterocycles. The Morgan fingerprint density at radius 3 is 2.26 bits per heavy atom. The van der Waals surface area contributed by atoms with E-state index < -0.39 is 77.4 Å². The zero-order valence-corrected chi connectivity index (χ0v) is 27.3. The fourth-order valence-corrected chi connectivity index (χ4v) is 6.27. The molecule has 1 amide bonds. The van der Waals surface area contributed by atoms with E-state index in [1.165, 1.54) is 6.92 Å². The summed E-state index contributed by atoms with van der Waals surface area (Å²) >= 11 is 0. The van der Waals surface area contributed by atoms with E-state index in [1.54, 1.807) is 77.3 Å². The van der Waals surface area contributed by atoms with Gasteiger partial charge in [0, 0.05) is 41.3 Å². The first-order valence-electron chi connectivity index (χ1n) is 15.5. The molecule has 47 heavy (non-hydrogen) atoms. The van der Waals surface area contributed by atoms with Crippen molar-refractivity contribution in [3.63, 3.8) is 0 Å². The van der Waals surface area contributed by atoms with Gasteiger partial charge in [-0.05, 0) is 45.8 Å². The average Bonchev–Trinajstić information content (AvgIpc) is 3.35. The summed E-state index contributed by atoms with van der Waals surface area (Å²) in [7, 11) is 0. The molecule has 7 atom stereocenters. The Kier molecular flexibility index (Phi) is 10.8. The second kappa shape index (κ2) is 14.4. The van der Waals surface area contributed by atoms with Crippen LogP contribution in [0, 0.1) is 23.7 Å². The second-order valence-electron chi connectivity index (χ2n) is 12.8. The van der Waals surface area contributed by atoms with Crippen molar-refractivity contribution < 1.29 is 47.3 Å². The molecule has 12 nitrogen and oxygen atoms in total. The fourth-order valence-electron chi connectivity index (χ4n) is 6.27. The van der Waals surface area contributed by atoms with Crippen molar-refractivity contribution >= 4 is 35.6 Å². The van der Waals surface area contributed by atoms with E-state index in [4.69, 9.17) is 18.9 Å². The molecule has 0 aliphatic carbocycles. The van der Waals surface area contributed by atoms with Crippen LogP contribution in [-0.2, 0) is 33.3 Å². The van der Waals surface area contributed by atoms with Gasteiger partial charge in [-0.1, -0.05) is 45.0 Å². The van der Waals surface area contributed by atoms with Crippen LogP contribution in [-0.4, -0.2) is 70.2 Å². The molecule has 2 aromatic rings. The molecule has 0 spiro atoms. The fraction of sp³-hybridized carbons (Fsp3) is 0.500. The highest BCUT2D eigenvalue weighted by Gasteiger charge is 2.52. The van der Waals surface area contributed by atoms with Gasteiger partial charge in [0.25, 0.3) is 0 Å². The van der Waals surface area contributed by atoms with Gasteiger partial charge in [-0.3, -0.25) is 14.4 Å². The number of cyclic esters (lactones) is 1. The third-order valence-corrected chi connectivity index (χ3v) is 8.71. The molecule has 3 heterocycles. The maximum absolute atomic E-state index is 14.9. The van der Waals surface area contributed by atoms with E-state index in [0.29, 0.717) is 11.4 Å². The number of nitrogens with zero attached hydrogens (tertiary/aromatic N) is 2. The number of nitrogens with one attached hydrogen (secondary N) is 1. The predicted molar refractivity (Wildman–Crippen MR) is 166 cm³/mol. The molecule has 2 fully saturated rings. The van der Waals surface area contributed by atoms with Crippen molar-refractivity contribution in [2.24, 2.45) is 23.7 Å². The maximum atomic E-state index is 14.9. The van der Waals surface area contributed by atoms with Crippen LogP contribution in [0.15, 0.2) is 48.8 Å². The van der Waals surface area contributed by atoms with Crippen molar-refractivity contribution in [3.05, 3.63) is 54.4 Å². The van der Waals surface area contributed by atoms with E-state index in [1.807, 2.05) is 0 Å². The minimum absolute atomic E-state index is 0.00162. The molecule has 0 saturated carbocycles. The summed E-state index contributed by atoms with van der Waals surface area (Å²) in [6.07, 6.45) is 2.36. The van der Waals surface area contributed by atoms with E-state index in [2.05, 4.69) is 15.3 Å². The van der Waals surface area contributed by atoms with Crippen molar-refractivity contribution in [2.45, 2.75) is 71.6 Å². The molecule has 13 heteroatoms. The van der Waals surface area contributed by atoms with Crippen LogP contribution in [0.5, 0.6) is 0 Å². The second-order valence-corrected chi connectivity index (χ2v) is 12.8. The van der Waals surface area contributed by atoms with Crippen LogP contribution in [0.25, 0.3) is 17.2 Å². The highest BCUT2D eigenvalue weighted by molar-refractivity contribution is 5.99. The van der Waals surface area contributed by atoms with Gasteiger partial charge >= 0.3 is 18.2 Å². The molecule has 2 unspecified atom stereocenters. The SMILES string of the molecule is CC1C(=O)[C@H](C)C[C@@](C)(OC(=O)OC/C=C(\F)c2ccc(-c3ncccn3)cc2)C[C@@H](C)C(=O)[C@@H](C)C(=O)OC[C@@]2(C)OC(=O)NC12. The topological polar surface area (TPSA) is 160 Å². The van der Waals surface area contributed by atoms with Gasteiger partial charge in [-0.25, -0.2) is 23.9 Å². The molecule has 0 radical (unpaired) electrons. The summed E-state index contributed by atoms with van der Waals surface area (Å²) in [5, 5.41) is 2.64. The number of carbonyl (C=O) groups excluding carboxylic acids is 5. The molecule has 252 valence electrons. The van der Waals surface area contributed by atoms with Crippen LogP contribution in [0.4, 0.5) is 14.0 Å². The largest absolute Gasteiger partial charge is 0.509 e. The van der Waals surface area contributed by atoms with Gasteiger partial charge in [0.2, 0.25) is 0 Å². The number of aromatic nitrogens is 2. The Morgan fingerprint density at radius 1 is 1.00 bits per heavy atom. The number of benzene rings is 1. The molecule has 1 N–H and O–H groups in total. The summed E-state index contributed by atoms with van der Waals surface area (Å²) in [4.78, 5) is 73.1. The van der Waals surface area contributed by atoms with Crippen LogP contribution in [0.3, 0.4) is 0 Å². The summed E-state index contributed by atoms with van der Waals surface area (Å²) < 4.78 is 36.5. The van der Waals surface area contributed by atoms with E-state index in [9.17, 15) is 28.4 Å². The van der Waals surface area contributed by atoms with Gasteiger partial charge in [0.1, 0.15) is 42.1 Å². The Bertz CT molecular complexity index is 1530. The molecular formula is C34H40FN3O9. The molecule has 2 aliphatic heterocycles. The number of ether oxygens (including phenoxy) is 4. The summed E-state index contributed by atoms with van der Waals surface area (Å²) in [6.45, 7) is 8.62. The maximum Gasteiger partial charge on any atom is 0.509 e. The standard InChI is InChI=1S/C34H40FN3O9/c1-19-16-33(5,47-32(43)44-15-12-25(35)23-8-10-24(11-9-23)29-36-13-7-14-37-29)17-20(2)27(40)22(4)30(41)45-18-34(6)28(21(3)26(19)39)38-31(42)46-34/h7-14,19-22,28H,15-18H2,1-6H3,(H,38,42)/b25-12-/t19-,20-,21?,22-,28?,33-,34-/m1/s1. The lowest BCUT2D eigenvalue weighted by Crippen LogP contribution is -2.52. The molecule has 0 bridgehead atoms. The number of ketones is 2. The van der Waals surface area contributed by atoms with Gasteiger partial charge in [-0.2, -0.15) is 0 Å². The van der Waals surface area contributed by atoms with Gasteiger partial charge in [-0.15, -0.1) is 0 Å². The molecular weight excluding hydrogens is 613 g/mol. The third-order valence-electron chi connectivity index (χ3n) is 8.71. The number of Topliss-reactive ketones (excluding diaryl/α,β-unsaturated/α-hetero) is 2. The first kappa shape index (κ1) is 35.2. The Balaban J connectivity index is 1.48. The number of hydrogen-bond acceptors (Lipinski definition) is 11. The van der Waals surface area contributed by atoms with Crippen LogP contribution in [0.2, 0.25) is 0 Å². The van der Waals surface area contributed by atoms with Gasteiger partial charge < -0.3 is 24.3 Å². The average molecular weight is 654 g/mol. The minimum atomic E-state index is -1.40. The zero-order valence-electron chi connectivity index (χ0n) is 27.3. The first-order chi connectivity index (χ1) is 22.1. The number of esters is 1. The van der Waals surface area contributed by atoms with Crippen molar-refractivity contribution in [1.29, 1.82) is 0 Å². The predicted octanol–water partition coefficient (Wildman–Crippen LogP) is 5.25. The van der Waals surface area contributed by atoms with Crippen molar-refractivity contribution in [3.8, 4) is 11.4 Å². The number of halogens is 1. The van der Waals surface area contributed by atoms with E-state index in [-0.39, 0.29) is 30.8 Å². The monoisotopic (exact) mass is 653 g/mol. The van der Waals surface area contributed by atoms with Crippen LogP contribution < -0.4 is 5.32 Å². The minimum Gasteiger partial charge on any atom is -0.461 e. The number of carbonyl (C=O) groups is 5. The van der Waals surface area contributed by atoms with Gasteiger partial charge in [0.05, 0.1) is 6.04 Å². The van der Waals surface area contributed by atoms with Crippen molar-refractivity contribution in [2.75, 3.05) is 13.2 Å². The Hall–Kier alpha value is -4.68. The number of fused-ring (bicyclic) bond motifs is 1. The summed E-state index contributed by atoms with van der Waals surface area (Å²) in [5.74, 6) is -5.08. The number of amides is 1. The quantitative estimate of drug-likeness (QED) is 0.255. The van der Waals surface area contributed by atoms with Gasteiger partial charge in [0.15, 0.2) is 11.4 Å². The molecule has 1 aromatic carbocycles. The highest BCUT2D eigenvalue weighted by atomic mass is 19.1. The zero-order chi connectivity index (χ0) is 34.5. The highest BCUT2D eigenvalue weighted by Crippen LogP contribution is 2.35. The van der Waals surface area contributed by atoms with E-state index >= 15 is 0 Å². The lowest BCUT2D eigenvalue weighted by Gasteiger charge is -2.36. The Morgan fingerprint density at radius 2 is 1.62 bits per heavy atom. The summed E-state index contributed by atoms with van der Waals surface area (Å²) in [6, 6.07) is 7.30.